The molecule has 16 heavy (non-hydrogen) atoms. The molecule has 0 rings (SSSR count). The summed E-state index contributed by atoms with van der Waals surface area (Å²) in [5.41, 5.74) is 5.44. The summed E-state index contributed by atoms with van der Waals surface area (Å²) >= 11 is 4.82. The van der Waals surface area contributed by atoms with Gasteiger partial charge in [0.2, 0.25) is 5.91 Å². The normalized spacial score (nSPS) is 10.1. The second-order valence-electron chi connectivity index (χ2n) is 3.69. The van der Waals surface area contributed by atoms with Crippen LogP contribution in [-0.2, 0) is 9.53 Å². The number of hydrogen-bond donors (Lipinski definition) is 1. The molecular weight excluding hydrogens is 224 g/mol. The van der Waals surface area contributed by atoms with Gasteiger partial charge in [0.1, 0.15) is 0 Å². The number of hydrogen-bond acceptors (Lipinski definition) is 3. The van der Waals surface area contributed by atoms with Crippen LogP contribution in [0.1, 0.15) is 32.6 Å². The highest BCUT2D eigenvalue weighted by atomic mass is 32.1. The molecule has 0 aliphatic heterocycles. The fraction of sp³-hybridized carbons (Fsp3) is 0.818. The van der Waals surface area contributed by atoms with Gasteiger partial charge in [0.15, 0.2) is 0 Å². The number of ether oxygens (including phenoxy) is 1. The van der Waals surface area contributed by atoms with Gasteiger partial charge in [-0.1, -0.05) is 19.1 Å². The molecule has 0 saturated carbocycles. The average Bonchev–Trinajstić information content (AvgIpc) is 2.23. The third kappa shape index (κ3) is 7.59. The zero-order chi connectivity index (χ0) is 12.4. The third-order valence-corrected chi connectivity index (χ3v) is 2.43. The van der Waals surface area contributed by atoms with E-state index in [2.05, 4.69) is 0 Å². The maximum atomic E-state index is 11.8. The summed E-state index contributed by atoms with van der Waals surface area (Å²) in [4.78, 5) is 14.0. The SMILES string of the molecule is CCCC(=O)N(CCCOC)CCC(N)=S. The van der Waals surface area contributed by atoms with Crippen molar-refractivity contribution >= 4 is 23.1 Å². The minimum absolute atomic E-state index is 0.176. The highest BCUT2D eigenvalue weighted by Crippen LogP contribution is 2.01. The van der Waals surface area contributed by atoms with E-state index in [9.17, 15) is 4.79 Å². The van der Waals surface area contributed by atoms with Gasteiger partial charge in [0.05, 0.1) is 4.99 Å². The smallest absolute Gasteiger partial charge is 0.222 e. The molecule has 4 nitrogen and oxygen atoms in total. The minimum atomic E-state index is 0.176. The quantitative estimate of drug-likeness (QED) is 0.492. The van der Waals surface area contributed by atoms with Crippen LogP contribution in [0.15, 0.2) is 0 Å². The summed E-state index contributed by atoms with van der Waals surface area (Å²) in [5.74, 6) is 0.176. The fourth-order valence-corrected chi connectivity index (χ4v) is 1.47. The molecule has 0 aliphatic carbocycles. The van der Waals surface area contributed by atoms with Crippen molar-refractivity contribution in [1.29, 1.82) is 0 Å². The average molecular weight is 246 g/mol. The highest BCUT2D eigenvalue weighted by molar-refractivity contribution is 7.80. The first-order valence-electron chi connectivity index (χ1n) is 5.66. The van der Waals surface area contributed by atoms with Crippen LogP contribution in [0.5, 0.6) is 0 Å². The first kappa shape index (κ1) is 15.3. The Hall–Kier alpha value is -0.680. The Bertz CT molecular complexity index is 222. The Morgan fingerprint density at radius 3 is 2.56 bits per heavy atom. The van der Waals surface area contributed by atoms with Crippen molar-refractivity contribution in [1.82, 2.24) is 4.90 Å². The van der Waals surface area contributed by atoms with Gasteiger partial charge in [0.25, 0.3) is 0 Å². The molecule has 0 aliphatic rings. The van der Waals surface area contributed by atoms with E-state index < -0.39 is 0 Å². The Kier molecular flexibility index (Phi) is 9.13. The number of methoxy groups -OCH3 is 1. The summed E-state index contributed by atoms with van der Waals surface area (Å²) in [6.45, 7) is 4.01. The lowest BCUT2D eigenvalue weighted by Gasteiger charge is -2.22. The number of thiocarbonyl (C=S) groups is 1. The van der Waals surface area contributed by atoms with E-state index >= 15 is 0 Å². The fourth-order valence-electron chi connectivity index (χ4n) is 1.38. The molecular formula is C11H22N2O2S. The summed E-state index contributed by atoms with van der Waals surface area (Å²) in [6, 6.07) is 0. The van der Waals surface area contributed by atoms with Gasteiger partial charge in [0, 0.05) is 39.6 Å². The monoisotopic (exact) mass is 246 g/mol. The van der Waals surface area contributed by atoms with Crippen molar-refractivity contribution in [2.75, 3.05) is 26.8 Å². The molecule has 94 valence electrons. The number of nitrogens with zero attached hydrogens (tertiary/aromatic N) is 1. The number of rotatable bonds is 9. The molecule has 0 radical (unpaired) electrons. The number of carbonyl (C=O) groups is 1. The van der Waals surface area contributed by atoms with E-state index in [4.69, 9.17) is 22.7 Å². The zero-order valence-electron chi connectivity index (χ0n) is 10.2. The standard InChI is InChI=1S/C11H22N2O2S/c1-3-5-11(14)13(7-4-9-15-2)8-6-10(12)16/h3-9H2,1-2H3,(H2,12,16). The van der Waals surface area contributed by atoms with Crippen molar-refractivity contribution in [3.05, 3.63) is 0 Å². The van der Waals surface area contributed by atoms with Crippen LogP contribution in [0.25, 0.3) is 0 Å². The van der Waals surface area contributed by atoms with Crippen LogP contribution in [-0.4, -0.2) is 42.6 Å². The van der Waals surface area contributed by atoms with Crippen LogP contribution in [0.3, 0.4) is 0 Å². The summed E-state index contributed by atoms with van der Waals surface area (Å²) in [5, 5.41) is 0. The van der Waals surface area contributed by atoms with Gasteiger partial charge in [-0.15, -0.1) is 0 Å². The maximum absolute atomic E-state index is 11.8. The Labute approximate surface area is 103 Å². The topological polar surface area (TPSA) is 55.6 Å². The Morgan fingerprint density at radius 1 is 1.38 bits per heavy atom. The van der Waals surface area contributed by atoms with E-state index in [1.54, 1.807) is 7.11 Å². The van der Waals surface area contributed by atoms with Gasteiger partial charge in [-0.05, 0) is 12.8 Å². The van der Waals surface area contributed by atoms with Gasteiger partial charge in [-0.25, -0.2) is 0 Å². The highest BCUT2D eigenvalue weighted by Gasteiger charge is 2.11. The summed E-state index contributed by atoms with van der Waals surface area (Å²) in [7, 11) is 1.66. The molecule has 0 aromatic rings. The number of carbonyl (C=O) groups excluding carboxylic acids is 1. The number of amides is 1. The molecule has 0 fully saturated rings. The van der Waals surface area contributed by atoms with Gasteiger partial charge < -0.3 is 15.4 Å². The lowest BCUT2D eigenvalue weighted by molar-refractivity contribution is -0.131. The van der Waals surface area contributed by atoms with E-state index in [0.717, 1.165) is 19.4 Å². The van der Waals surface area contributed by atoms with Crippen LogP contribution in [0.4, 0.5) is 0 Å². The largest absolute Gasteiger partial charge is 0.393 e. The second kappa shape index (κ2) is 9.54. The van der Waals surface area contributed by atoms with Gasteiger partial charge in [-0.3, -0.25) is 4.79 Å². The van der Waals surface area contributed by atoms with E-state index in [-0.39, 0.29) is 5.91 Å². The predicted octanol–water partition coefficient (Wildman–Crippen LogP) is 1.33. The molecule has 2 N–H and O–H groups in total. The molecule has 0 bridgehead atoms. The van der Waals surface area contributed by atoms with E-state index in [1.165, 1.54) is 0 Å². The Morgan fingerprint density at radius 2 is 2.06 bits per heavy atom. The van der Waals surface area contributed by atoms with Crippen LogP contribution < -0.4 is 5.73 Å². The zero-order valence-corrected chi connectivity index (χ0v) is 11.0. The first-order valence-corrected chi connectivity index (χ1v) is 6.07. The van der Waals surface area contributed by atoms with Crippen LogP contribution in [0.2, 0.25) is 0 Å². The molecule has 0 saturated heterocycles. The van der Waals surface area contributed by atoms with Gasteiger partial charge >= 0.3 is 0 Å². The predicted molar refractivity (Wildman–Crippen MR) is 69.4 cm³/mol. The van der Waals surface area contributed by atoms with Gasteiger partial charge in [-0.2, -0.15) is 0 Å². The maximum Gasteiger partial charge on any atom is 0.222 e. The van der Waals surface area contributed by atoms with E-state index in [0.29, 0.717) is 31.0 Å². The van der Waals surface area contributed by atoms with Crippen molar-refractivity contribution in [3.8, 4) is 0 Å². The molecule has 0 aromatic heterocycles. The van der Waals surface area contributed by atoms with Crippen molar-refractivity contribution in [2.24, 2.45) is 5.73 Å². The lowest BCUT2D eigenvalue weighted by Crippen LogP contribution is -2.34. The molecule has 0 heterocycles. The van der Waals surface area contributed by atoms with Crippen LogP contribution in [0, 0.1) is 0 Å². The molecule has 5 heteroatoms. The molecule has 0 spiro atoms. The summed E-state index contributed by atoms with van der Waals surface area (Å²) < 4.78 is 4.97. The summed E-state index contributed by atoms with van der Waals surface area (Å²) in [6.07, 6.45) is 2.90. The number of nitrogens with two attached hydrogens (primary N) is 1. The molecule has 1 amide bonds. The molecule has 0 unspecified atom stereocenters. The molecule has 0 aromatic carbocycles. The first-order chi connectivity index (χ1) is 7.61. The Balaban J connectivity index is 4.04. The van der Waals surface area contributed by atoms with Crippen molar-refractivity contribution in [2.45, 2.75) is 32.6 Å². The van der Waals surface area contributed by atoms with Crippen molar-refractivity contribution in [3.63, 3.8) is 0 Å². The third-order valence-electron chi connectivity index (χ3n) is 2.22. The minimum Gasteiger partial charge on any atom is -0.393 e. The van der Waals surface area contributed by atoms with Crippen LogP contribution >= 0.6 is 12.2 Å². The van der Waals surface area contributed by atoms with E-state index in [1.807, 2.05) is 11.8 Å². The molecule has 0 atom stereocenters. The second-order valence-corrected chi connectivity index (χ2v) is 4.22. The lowest BCUT2D eigenvalue weighted by atomic mass is 10.2. The van der Waals surface area contributed by atoms with Crippen molar-refractivity contribution < 1.29 is 9.53 Å².